The van der Waals surface area contributed by atoms with Crippen molar-refractivity contribution in [3.05, 3.63) is 57.9 Å². The minimum absolute atomic E-state index is 0.00650. The van der Waals surface area contributed by atoms with Crippen molar-refractivity contribution in [3.63, 3.8) is 0 Å². The zero-order valence-electron chi connectivity index (χ0n) is 14.4. The van der Waals surface area contributed by atoms with Crippen LogP contribution in [-0.2, 0) is 23.2 Å². The van der Waals surface area contributed by atoms with Crippen molar-refractivity contribution in [1.29, 1.82) is 0 Å². The number of pyridine rings is 1. The van der Waals surface area contributed by atoms with Gasteiger partial charge in [-0.3, -0.25) is 9.59 Å². The minimum Gasteiger partial charge on any atom is -0.348 e. The number of nitrogens with zero attached hydrogens (tertiary/aromatic N) is 1. The summed E-state index contributed by atoms with van der Waals surface area (Å²) in [5, 5.41) is 5.84. The van der Waals surface area contributed by atoms with Crippen molar-refractivity contribution in [2.45, 2.75) is 39.2 Å². The highest BCUT2D eigenvalue weighted by Crippen LogP contribution is 2.25. The quantitative estimate of drug-likeness (QED) is 0.826. The maximum Gasteiger partial charge on any atom is 0.254 e. The predicted molar refractivity (Wildman–Crippen MR) is 97.9 cm³/mol. The number of benzene rings is 1. The van der Waals surface area contributed by atoms with Crippen molar-refractivity contribution < 1.29 is 9.59 Å². The second kappa shape index (κ2) is 6.48. The van der Waals surface area contributed by atoms with Crippen LogP contribution in [-0.4, -0.2) is 16.8 Å². The highest BCUT2D eigenvalue weighted by molar-refractivity contribution is 6.32. The van der Waals surface area contributed by atoms with Crippen molar-refractivity contribution in [2.24, 2.45) is 0 Å². The van der Waals surface area contributed by atoms with E-state index in [-0.39, 0.29) is 22.4 Å². The Bertz CT molecular complexity index is 856. The van der Waals surface area contributed by atoms with Gasteiger partial charge >= 0.3 is 0 Å². The van der Waals surface area contributed by atoms with Crippen LogP contribution in [0.2, 0.25) is 5.15 Å². The lowest BCUT2D eigenvalue weighted by molar-refractivity contribution is -0.115. The van der Waals surface area contributed by atoms with Gasteiger partial charge in [0.25, 0.3) is 5.91 Å². The summed E-state index contributed by atoms with van der Waals surface area (Å²) in [4.78, 5) is 28.1. The fraction of sp³-hybridized carbons (Fsp3) is 0.316. The summed E-state index contributed by atoms with van der Waals surface area (Å²) in [5.41, 5.74) is 3.78. The SMILES string of the molecule is CC(C)(C)c1ccc(C(=O)NCc2ccc3c(c2)CC(=O)N3)c(Cl)n1. The number of aromatic nitrogens is 1. The van der Waals surface area contributed by atoms with Crippen LogP contribution in [0.5, 0.6) is 0 Å². The predicted octanol–water partition coefficient (Wildman–Crippen LogP) is 3.46. The van der Waals surface area contributed by atoms with E-state index in [4.69, 9.17) is 11.6 Å². The maximum atomic E-state index is 12.4. The molecule has 0 bridgehead atoms. The molecule has 25 heavy (non-hydrogen) atoms. The number of nitrogens with one attached hydrogen (secondary N) is 2. The molecule has 2 amide bonds. The number of rotatable bonds is 3. The van der Waals surface area contributed by atoms with Gasteiger partial charge in [-0.05, 0) is 29.3 Å². The van der Waals surface area contributed by atoms with Crippen molar-refractivity contribution in [3.8, 4) is 0 Å². The maximum absolute atomic E-state index is 12.4. The lowest BCUT2D eigenvalue weighted by Crippen LogP contribution is -2.24. The smallest absolute Gasteiger partial charge is 0.254 e. The number of carbonyl (C=O) groups is 2. The van der Waals surface area contributed by atoms with Gasteiger partial charge in [-0.15, -0.1) is 0 Å². The third kappa shape index (κ3) is 3.82. The first-order valence-electron chi connectivity index (χ1n) is 8.11. The molecule has 2 aromatic rings. The molecular weight excluding hydrogens is 338 g/mol. The molecule has 0 atom stereocenters. The second-order valence-electron chi connectivity index (χ2n) is 7.18. The van der Waals surface area contributed by atoms with Crippen LogP contribution in [0, 0.1) is 0 Å². The molecule has 1 aromatic heterocycles. The lowest BCUT2D eigenvalue weighted by Gasteiger charge is -2.18. The first-order chi connectivity index (χ1) is 11.7. The zero-order chi connectivity index (χ0) is 18.2. The Balaban J connectivity index is 1.69. The summed E-state index contributed by atoms with van der Waals surface area (Å²) in [7, 11) is 0. The first-order valence-corrected chi connectivity index (χ1v) is 8.49. The molecular formula is C19H20ClN3O2. The van der Waals surface area contributed by atoms with Crippen molar-refractivity contribution in [1.82, 2.24) is 10.3 Å². The summed E-state index contributed by atoms with van der Waals surface area (Å²) in [5.74, 6) is -0.277. The van der Waals surface area contributed by atoms with E-state index >= 15 is 0 Å². The summed E-state index contributed by atoms with van der Waals surface area (Å²) in [6.07, 6.45) is 0.376. The Labute approximate surface area is 151 Å². The number of fused-ring (bicyclic) bond motifs is 1. The standard InChI is InChI=1S/C19H20ClN3O2/c1-19(2,3)15-7-5-13(17(20)23-15)18(25)21-10-11-4-6-14-12(8-11)9-16(24)22-14/h4-8H,9-10H2,1-3H3,(H,21,25)(H,22,24). The Morgan fingerprint density at radius 2 is 2.04 bits per heavy atom. The molecule has 2 N–H and O–H groups in total. The Hall–Kier alpha value is -2.40. The summed E-state index contributed by atoms with van der Waals surface area (Å²) in [6, 6.07) is 9.20. The third-order valence-corrected chi connectivity index (χ3v) is 4.40. The van der Waals surface area contributed by atoms with E-state index in [1.807, 2.05) is 45.0 Å². The molecule has 6 heteroatoms. The van der Waals surface area contributed by atoms with Crippen LogP contribution in [0.3, 0.4) is 0 Å². The molecule has 0 radical (unpaired) electrons. The summed E-state index contributed by atoms with van der Waals surface area (Å²) >= 11 is 6.19. The van der Waals surface area contributed by atoms with Crippen LogP contribution in [0.25, 0.3) is 0 Å². The molecule has 1 aliphatic rings. The second-order valence-corrected chi connectivity index (χ2v) is 7.54. The van der Waals surface area contributed by atoms with Crippen LogP contribution >= 0.6 is 11.6 Å². The minimum atomic E-state index is -0.271. The van der Waals surface area contributed by atoms with E-state index < -0.39 is 0 Å². The third-order valence-electron chi connectivity index (χ3n) is 4.11. The summed E-state index contributed by atoms with van der Waals surface area (Å²) < 4.78 is 0. The van der Waals surface area contributed by atoms with E-state index in [0.29, 0.717) is 18.5 Å². The molecule has 3 rings (SSSR count). The molecule has 0 spiro atoms. The van der Waals surface area contributed by atoms with Crippen molar-refractivity contribution in [2.75, 3.05) is 5.32 Å². The molecule has 0 unspecified atom stereocenters. The molecule has 1 aliphatic heterocycles. The molecule has 0 saturated heterocycles. The molecule has 0 aliphatic carbocycles. The van der Waals surface area contributed by atoms with Gasteiger partial charge in [0.2, 0.25) is 5.91 Å². The molecule has 5 nitrogen and oxygen atoms in total. The van der Waals surface area contributed by atoms with Gasteiger partial charge in [0.1, 0.15) is 5.15 Å². The summed E-state index contributed by atoms with van der Waals surface area (Å²) in [6.45, 7) is 6.48. The molecule has 0 fully saturated rings. The van der Waals surface area contributed by atoms with Gasteiger partial charge in [-0.2, -0.15) is 0 Å². The monoisotopic (exact) mass is 357 g/mol. The molecule has 130 valence electrons. The first kappa shape index (κ1) is 17.4. The number of amides is 2. The van der Waals surface area contributed by atoms with Crippen molar-refractivity contribution >= 4 is 29.1 Å². The van der Waals surface area contributed by atoms with E-state index in [1.54, 1.807) is 6.07 Å². The largest absolute Gasteiger partial charge is 0.348 e. The lowest BCUT2D eigenvalue weighted by atomic mass is 9.91. The number of hydrogen-bond donors (Lipinski definition) is 2. The van der Waals surface area contributed by atoms with Gasteiger partial charge in [0.15, 0.2) is 0 Å². The topological polar surface area (TPSA) is 71.1 Å². The molecule has 2 heterocycles. The van der Waals surface area contributed by atoms with Crippen LogP contribution < -0.4 is 10.6 Å². The van der Waals surface area contributed by atoms with Gasteiger partial charge in [-0.1, -0.05) is 44.5 Å². The van der Waals surface area contributed by atoms with Crippen LogP contribution in [0.1, 0.15) is 48.0 Å². The van der Waals surface area contributed by atoms with Crippen LogP contribution in [0.4, 0.5) is 5.69 Å². The van der Waals surface area contributed by atoms with Gasteiger partial charge in [0, 0.05) is 23.3 Å². The van der Waals surface area contributed by atoms with Gasteiger partial charge in [0.05, 0.1) is 12.0 Å². The fourth-order valence-corrected chi connectivity index (χ4v) is 2.93. The number of anilines is 1. The average molecular weight is 358 g/mol. The van der Waals surface area contributed by atoms with Gasteiger partial charge < -0.3 is 10.6 Å². The Kier molecular flexibility index (Phi) is 4.52. The average Bonchev–Trinajstić information content (AvgIpc) is 2.90. The van der Waals surface area contributed by atoms with Gasteiger partial charge in [-0.25, -0.2) is 4.98 Å². The van der Waals surface area contributed by atoms with E-state index in [1.165, 1.54) is 0 Å². The Morgan fingerprint density at radius 1 is 1.28 bits per heavy atom. The normalized spacial score (nSPS) is 13.4. The zero-order valence-corrected chi connectivity index (χ0v) is 15.2. The highest BCUT2D eigenvalue weighted by Gasteiger charge is 2.20. The number of carbonyl (C=O) groups excluding carboxylic acids is 2. The highest BCUT2D eigenvalue weighted by atomic mass is 35.5. The molecule has 1 aromatic carbocycles. The van der Waals surface area contributed by atoms with Crippen LogP contribution in [0.15, 0.2) is 30.3 Å². The molecule has 0 saturated carbocycles. The number of hydrogen-bond acceptors (Lipinski definition) is 3. The van der Waals surface area contributed by atoms with E-state index in [0.717, 1.165) is 22.5 Å². The van der Waals surface area contributed by atoms with E-state index in [9.17, 15) is 9.59 Å². The number of halogens is 1. The fourth-order valence-electron chi connectivity index (χ4n) is 2.69. The Morgan fingerprint density at radius 3 is 2.72 bits per heavy atom. The van der Waals surface area contributed by atoms with E-state index in [2.05, 4.69) is 15.6 Å².